The van der Waals surface area contributed by atoms with Gasteiger partial charge in [-0.2, -0.15) is 5.10 Å². The Morgan fingerprint density at radius 2 is 1.23 bits per heavy atom. The summed E-state index contributed by atoms with van der Waals surface area (Å²) in [6.45, 7) is 1.53. The Morgan fingerprint density at radius 3 is 1.83 bits per heavy atom. The highest BCUT2D eigenvalue weighted by atomic mass is 32.1. The highest BCUT2D eigenvalue weighted by Crippen LogP contribution is 2.29. The van der Waals surface area contributed by atoms with Gasteiger partial charge in [-0.15, -0.1) is 0 Å². The largest absolute Gasteiger partial charge is 0.485 e. The van der Waals surface area contributed by atoms with E-state index in [0.717, 1.165) is 22.3 Å². The molecule has 0 heterocycles. The fourth-order valence-electron chi connectivity index (χ4n) is 3.29. The van der Waals surface area contributed by atoms with Crippen LogP contribution in [0.5, 0.6) is 11.5 Å². The molecule has 0 aliphatic carbocycles. The number of benzene rings is 4. The lowest BCUT2D eigenvalue weighted by molar-refractivity contribution is 0.256. The molecule has 0 unspecified atom stereocenters. The number of nitrogens with zero attached hydrogens (tertiary/aromatic N) is 1. The molecule has 35 heavy (non-hydrogen) atoms. The molecule has 0 fully saturated rings. The van der Waals surface area contributed by atoms with Crippen LogP contribution in [0.2, 0.25) is 0 Å². The molecule has 0 radical (unpaired) electrons. The van der Waals surface area contributed by atoms with Gasteiger partial charge in [0.1, 0.15) is 13.2 Å². The summed E-state index contributed by atoms with van der Waals surface area (Å²) in [7, 11) is 0. The molecule has 6 heteroatoms. The fourth-order valence-corrected chi connectivity index (χ4v) is 3.42. The van der Waals surface area contributed by atoms with Crippen molar-refractivity contribution in [3.8, 4) is 11.5 Å². The molecular formula is C29H27N3O2S. The molecular weight excluding hydrogens is 454 g/mol. The van der Waals surface area contributed by atoms with E-state index < -0.39 is 0 Å². The third-order valence-corrected chi connectivity index (χ3v) is 5.35. The van der Waals surface area contributed by atoms with Gasteiger partial charge in [0.25, 0.3) is 0 Å². The monoisotopic (exact) mass is 481 g/mol. The topological polar surface area (TPSA) is 54.9 Å². The van der Waals surface area contributed by atoms with Gasteiger partial charge in [-0.25, -0.2) is 0 Å². The molecule has 0 bridgehead atoms. The second-order valence-electron chi connectivity index (χ2n) is 7.79. The highest BCUT2D eigenvalue weighted by Gasteiger charge is 2.08. The average molecular weight is 482 g/mol. The Balaban J connectivity index is 1.39. The van der Waals surface area contributed by atoms with Crippen LogP contribution in [0.25, 0.3) is 0 Å². The van der Waals surface area contributed by atoms with Crippen LogP contribution in [0.4, 0.5) is 0 Å². The van der Waals surface area contributed by atoms with Crippen molar-refractivity contribution in [1.82, 2.24) is 10.7 Å². The Kier molecular flexibility index (Phi) is 8.85. The summed E-state index contributed by atoms with van der Waals surface area (Å²) in [5.41, 5.74) is 7.03. The molecule has 0 spiro atoms. The lowest BCUT2D eigenvalue weighted by atomic mass is 10.2. The number of hydrogen-bond acceptors (Lipinski definition) is 4. The second kappa shape index (κ2) is 12.9. The van der Waals surface area contributed by atoms with Crippen LogP contribution in [0.3, 0.4) is 0 Å². The second-order valence-corrected chi connectivity index (χ2v) is 8.20. The van der Waals surface area contributed by atoms with Crippen LogP contribution in [-0.4, -0.2) is 11.3 Å². The molecule has 0 aliphatic heterocycles. The van der Waals surface area contributed by atoms with Gasteiger partial charge in [-0.1, -0.05) is 91.0 Å². The van der Waals surface area contributed by atoms with Crippen molar-refractivity contribution < 1.29 is 9.47 Å². The smallest absolute Gasteiger partial charge is 0.187 e. The normalized spacial score (nSPS) is 10.6. The van der Waals surface area contributed by atoms with E-state index in [0.29, 0.717) is 36.4 Å². The predicted octanol–water partition coefficient (Wildman–Crippen LogP) is 5.84. The number of thiocarbonyl (C=S) groups is 1. The maximum absolute atomic E-state index is 6.12. The average Bonchev–Trinajstić information content (AvgIpc) is 2.92. The summed E-state index contributed by atoms with van der Waals surface area (Å²) in [5, 5.41) is 7.85. The lowest BCUT2D eigenvalue weighted by Gasteiger charge is -2.14. The van der Waals surface area contributed by atoms with Crippen LogP contribution in [0.15, 0.2) is 114 Å². The van der Waals surface area contributed by atoms with Gasteiger partial charge in [-0.05, 0) is 52.7 Å². The van der Waals surface area contributed by atoms with Crippen LogP contribution in [0, 0.1) is 0 Å². The molecule has 4 rings (SSSR count). The SMILES string of the molecule is S=C(NCc1ccccc1)NN=Cc1ccc(OCc2ccccc2)c(OCc2ccccc2)c1. The quantitative estimate of drug-likeness (QED) is 0.169. The summed E-state index contributed by atoms with van der Waals surface area (Å²) >= 11 is 5.31. The molecule has 0 saturated heterocycles. The number of rotatable bonds is 10. The van der Waals surface area contributed by atoms with Gasteiger partial charge >= 0.3 is 0 Å². The summed E-state index contributed by atoms with van der Waals surface area (Å²) < 4.78 is 12.2. The van der Waals surface area contributed by atoms with Gasteiger partial charge in [0.05, 0.1) is 6.21 Å². The zero-order valence-electron chi connectivity index (χ0n) is 19.3. The van der Waals surface area contributed by atoms with Crippen LogP contribution in [-0.2, 0) is 19.8 Å². The van der Waals surface area contributed by atoms with Crippen molar-refractivity contribution in [3.05, 3.63) is 131 Å². The van der Waals surface area contributed by atoms with E-state index in [1.54, 1.807) is 6.21 Å². The van der Waals surface area contributed by atoms with E-state index in [1.165, 1.54) is 0 Å². The first-order valence-corrected chi connectivity index (χ1v) is 11.8. The molecule has 5 nitrogen and oxygen atoms in total. The molecule has 4 aromatic carbocycles. The van der Waals surface area contributed by atoms with E-state index in [2.05, 4.69) is 15.8 Å². The molecule has 0 amide bonds. The maximum atomic E-state index is 6.12. The first-order valence-electron chi connectivity index (χ1n) is 11.3. The molecule has 176 valence electrons. The van der Waals surface area contributed by atoms with Crippen molar-refractivity contribution in [2.45, 2.75) is 19.8 Å². The van der Waals surface area contributed by atoms with Gasteiger partial charge in [0.2, 0.25) is 0 Å². The number of nitrogens with one attached hydrogen (secondary N) is 2. The Labute approximate surface area is 211 Å². The van der Waals surface area contributed by atoms with Crippen molar-refractivity contribution in [1.29, 1.82) is 0 Å². The van der Waals surface area contributed by atoms with E-state index >= 15 is 0 Å². The molecule has 2 N–H and O–H groups in total. The number of hydrazone groups is 1. The maximum Gasteiger partial charge on any atom is 0.187 e. The van der Waals surface area contributed by atoms with E-state index in [9.17, 15) is 0 Å². The fraction of sp³-hybridized carbons (Fsp3) is 0.103. The molecule has 4 aromatic rings. The van der Waals surface area contributed by atoms with Crippen LogP contribution < -0.4 is 20.2 Å². The van der Waals surface area contributed by atoms with Crippen molar-refractivity contribution in [2.75, 3.05) is 0 Å². The minimum atomic E-state index is 0.439. The molecule has 0 aliphatic rings. The zero-order chi connectivity index (χ0) is 24.1. The van der Waals surface area contributed by atoms with Crippen LogP contribution >= 0.6 is 12.2 Å². The van der Waals surface area contributed by atoms with Gasteiger partial charge in [0.15, 0.2) is 16.6 Å². The van der Waals surface area contributed by atoms with Crippen LogP contribution in [0.1, 0.15) is 22.3 Å². The Hall–Kier alpha value is -4.16. The number of hydrogen-bond donors (Lipinski definition) is 2. The summed E-state index contributed by atoms with van der Waals surface area (Å²) in [6.07, 6.45) is 1.70. The third kappa shape index (κ3) is 7.98. The lowest BCUT2D eigenvalue weighted by Crippen LogP contribution is -2.31. The van der Waals surface area contributed by atoms with E-state index in [-0.39, 0.29) is 0 Å². The van der Waals surface area contributed by atoms with Crippen molar-refractivity contribution in [3.63, 3.8) is 0 Å². The van der Waals surface area contributed by atoms with Gasteiger partial charge in [0, 0.05) is 6.54 Å². The summed E-state index contributed by atoms with van der Waals surface area (Å²) in [5.74, 6) is 1.33. The Morgan fingerprint density at radius 1 is 0.686 bits per heavy atom. The van der Waals surface area contributed by atoms with Crippen molar-refractivity contribution in [2.24, 2.45) is 5.10 Å². The minimum Gasteiger partial charge on any atom is -0.485 e. The number of ether oxygens (including phenoxy) is 2. The van der Waals surface area contributed by atoms with E-state index in [4.69, 9.17) is 21.7 Å². The zero-order valence-corrected chi connectivity index (χ0v) is 20.1. The third-order valence-electron chi connectivity index (χ3n) is 5.12. The predicted molar refractivity (Wildman–Crippen MR) is 145 cm³/mol. The summed E-state index contributed by atoms with van der Waals surface area (Å²) in [4.78, 5) is 0. The molecule has 0 aromatic heterocycles. The van der Waals surface area contributed by atoms with E-state index in [1.807, 2.05) is 109 Å². The first-order chi connectivity index (χ1) is 17.3. The van der Waals surface area contributed by atoms with Gasteiger partial charge in [-0.3, -0.25) is 5.43 Å². The molecule has 0 saturated carbocycles. The highest BCUT2D eigenvalue weighted by molar-refractivity contribution is 7.80. The molecule has 0 atom stereocenters. The summed E-state index contributed by atoms with van der Waals surface area (Å²) in [6, 6.07) is 35.9. The standard InChI is InChI=1S/C29H27N3O2S/c35-29(30-19-23-10-4-1-5-11-23)32-31-20-26-16-17-27(33-21-24-12-6-2-7-13-24)28(18-26)34-22-25-14-8-3-9-15-25/h1-18,20H,19,21-22H2,(H2,30,32,35). The first kappa shape index (κ1) is 24.0. The van der Waals surface area contributed by atoms with Crippen molar-refractivity contribution >= 4 is 23.5 Å². The minimum absolute atomic E-state index is 0.439. The van der Waals surface area contributed by atoms with Gasteiger partial charge < -0.3 is 14.8 Å². The Bertz CT molecular complexity index is 1230.